The molecule has 0 atom stereocenters. The van der Waals surface area contributed by atoms with Crippen LogP contribution in [-0.2, 0) is 0 Å². The van der Waals surface area contributed by atoms with Gasteiger partial charge in [0.25, 0.3) is 0 Å². The van der Waals surface area contributed by atoms with Crippen molar-refractivity contribution in [2.75, 3.05) is 0 Å². The quantitative estimate of drug-likeness (QED) is 0.573. The van der Waals surface area contributed by atoms with Crippen molar-refractivity contribution in [3.8, 4) is 11.5 Å². The fourth-order valence-electron chi connectivity index (χ4n) is 1.28. The second-order valence-corrected chi connectivity index (χ2v) is 3.79. The number of rotatable bonds is 3. The highest BCUT2D eigenvalue weighted by Gasteiger charge is 1.96. The van der Waals surface area contributed by atoms with Crippen LogP contribution in [0.4, 0.5) is 0 Å². The maximum atomic E-state index is 5.19. The van der Waals surface area contributed by atoms with Crippen LogP contribution in [0, 0.1) is 13.8 Å². The van der Waals surface area contributed by atoms with Gasteiger partial charge in [0, 0.05) is 0 Å². The Morgan fingerprint density at radius 2 is 0.875 bits per heavy atom. The minimum atomic E-state index is 0.700. The predicted octanol–water partition coefficient (Wildman–Crippen LogP) is 3.68. The van der Waals surface area contributed by atoms with Crippen LogP contribution in [0.1, 0.15) is 11.1 Å². The minimum Gasteiger partial charge on any atom is -0.290 e. The molecule has 0 unspecified atom stereocenters. The fourth-order valence-corrected chi connectivity index (χ4v) is 1.28. The van der Waals surface area contributed by atoms with Crippen LogP contribution in [0.2, 0.25) is 0 Å². The average molecular weight is 214 g/mol. The van der Waals surface area contributed by atoms with Gasteiger partial charge < -0.3 is 0 Å². The summed E-state index contributed by atoms with van der Waals surface area (Å²) in [5.74, 6) is 1.40. The lowest BCUT2D eigenvalue weighted by atomic mass is 10.2. The van der Waals surface area contributed by atoms with Crippen LogP contribution < -0.4 is 9.78 Å². The fraction of sp³-hybridized carbons (Fsp3) is 0.143. The Bertz CT molecular complexity index is 398. The molecule has 0 amide bonds. The van der Waals surface area contributed by atoms with E-state index in [1.54, 1.807) is 0 Å². The Morgan fingerprint density at radius 3 is 1.19 bits per heavy atom. The Morgan fingerprint density at radius 1 is 0.562 bits per heavy atom. The summed E-state index contributed by atoms with van der Waals surface area (Å²) in [6.45, 7) is 4.06. The molecule has 0 aliphatic rings. The number of benzene rings is 2. The first-order valence-electron chi connectivity index (χ1n) is 5.22. The van der Waals surface area contributed by atoms with E-state index in [1.807, 2.05) is 62.4 Å². The summed E-state index contributed by atoms with van der Waals surface area (Å²) >= 11 is 0. The predicted molar refractivity (Wildman–Crippen MR) is 63.6 cm³/mol. The van der Waals surface area contributed by atoms with Gasteiger partial charge in [0.05, 0.1) is 0 Å². The third-order valence-electron chi connectivity index (χ3n) is 2.28. The smallest absolute Gasteiger partial charge is 0.178 e. The summed E-state index contributed by atoms with van der Waals surface area (Å²) in [5.41, 5.74) is 2.39. The van der Waals surface area contributed by atoms with E-state index in [0.29, 0.717) is 11.5 Å². The van der Waals surface area contributed by atoms with E-state index in [4.69, 9.17) is 9.78 Å². The number of hydrogen-bond donors (Lipinski definition) is 0. The molecule has 2 nitrogen and oxygen atoms in total. The minimum absolute atomic E-state index is 0.700. The summed E-state index contributed by atoms with van der Waals surface area (Å²) in [7, 11) is 0. The molecule has 0 fully saturated rings. The summed E-state index contributed by atoms with van der Waals surface area (Å²) in [6, 6.07) is 15.4. The van der Waals surface area contributed by atoms with Gasteiger partial charge in [-0.15, -0.1) is 0 Å². The number of hydrogen-bond acceptors (Lipinski definition) is 2. The van der Waals surface area contributed by atoms with Crippen LogP contribution in [0.3, 0.4) is 0 Å². The molecule has 0 saturated heterocycles. The van der Waals surface area contributed by atoms with Crippen LogP contribution in [0.25, 0.3) is 0 Å². The summed E-state index contributed by atoms with van der Waals surface area (Å²) in [5, 5.41) is 0. The first-order chi connectivity index (χ1) is 7.74. The van der Waals surface area contributed by atoms with Gasteiger partial charge in [0.15, 0.2) is 11.5 Å². The van der Waals surface area contributed by atoms with Gasteiger partial charge in [-0.25, -0.2) is 0 Å². The van der Waals surface area contributed by atoms with Crippen molar-refractivity contribution in [2.45, 2.75) is 13.8 Å². The average Bonchev–Trinajstić information content (AvgIpc) is 2.30. The van der Waals surface area contributed by atoms with Crippen molar-refractivity contribution >= 4 is 0 Å². The molecule has 0 bridgehead atoms. The molecule has 0 radical (unpaired) electrons. The lowest BCUT2D eigenvalue weighted by Crippen LogP contribution is -1.99. The molecule has 2 heteroatoms. The maximum Gasteiger partial charge on any atom is 0.178 e. The van der Waals surface area contributed by atoms with Crippen molar-refractivity contribution < 1.29 is 9.78 Å². The van der Waals surface area contributed by atoms with Gasteiger partial charge in [0.1, 0.15) is 0 Å². The Hall–Kier alpha value is -1.96. The van der Waals surface area contributed by atoms with Gasteiger partial charge in [0.2, 0.25) is 0 Å². The zero-order valence-corrected chi connectivity index (χ0v) is 9.44. The molecule has 82 valence electrons. The normalized spacial score (nSPS) is 9.88. The highest BCUT2D eigenvalue weighted by molar-refractivity contribution is 5.28. The van der Waals surface area contributed by atoms with Crippen molar-refractivity contribution in [1.29, 1.82) is 0 Å². The molecule has 0 N–H and O–H groups in total. The molecule has 0 aliphatic heterocycles. The molecule has 0 spiro atoms. The van der Waals surface area contributed by atoms with Crippen LogP contribution in [-0.4, -0.2) is 0 Å². The SMILES string of the molecule is Cc1ccc(OOc2ccc(C)cc2)cc1. The second-order valence-electron chi connectivity index (χ2n) is 3.79. The van der Waals surface area contributed by atoms with Crippen LogP contribution in [0.5, 0.6) is 11.5 Å². The highest BCUT2D eigenvalue weighted by Crippen LogP contribution is 2.16. The van der Waals surface area contributed by atoms with Crippen LogP contribution in [0.15, 0.2) is 48.5 Å². The first kappa shape index (κ1) is 10.6. The molecule has 0 aromatic heterocycles. The molecule has 2 aromatic rings. The number of aryl methyl sites for hydroxylation is 2. The third kappa shape index (κ3) is 2.76. The zero-order chi connectivity index (χ0) is 11.4. The molecule has 0 heterocycles. The zero-order valence-electron chi connectivity index (χ0n) is 9.44. The Balaban J connectivity index is 1.97. The summed E-state index contributed by atoms with van der Waals surface area (Å²) in [6.07, 6.45) is 0. The first-order valence-corrected chi connectivity index (χ1v) is 5.22. The van der Waals surface area contributed by atoms with Crippen molar-refractivity contribution in [3.05, 3.63) is 59.7 Å². The molecule has 2 rings (SSSR count). The monoisotopic (exact) mass is 214 g/mol. The standard InChI is InChI=1S/C14H14O2/c1-11-3-7-13(8-4-11)15-16-14-9-5-12(2)6-10-14/h3-10H,1-2H3. The molecular weight excluding hydrogens is 200 g/mol. The van der Waals surface area contributed by atoms with Crippen LogP contribution >= 0.6 is 0 Å². The molecular formula is C14H14O2. The molecule has 16 heavy (non-hydrogen) atoms. The largest absolute Gasteiger partial charge is 0.290 e. The van der Waals surface area contributed by atoms with Gasteiger partial charge >= 0.3 is 0 Å². The highest BCUT2D eigenvalue weighted by atomic mass is 17.2. The lowest BCUT2D eigenvalue weighted by Gasteiger charge is -2.05. The molecule has 2 aromatic carbocycles. The molecule has 0 aliphatic carbocycles. The van der Waals surface area contributed by atoms with Gasteiger partial charge in [-0.3, -0.25) is 9.78 Å². The van der Waals surface area contributed by atoms with Gasteiger partial charge in [-0.05, 0) is 38.1 Å². The lowest BCUT2D eigenvalue weighted by molar-refractivity contribution is -0.0999. The van der Waals surface area contributed by atoms with E-state index in [1.165, 1.54) is 11.1 Å². The van der Waals surface area contributed by atoms with Crippen molar-refractivity contribution in [3.63, 3.8) is 0 Å². The van der Waals surface area contributed by atoms with Crippen molar-refractivity contribution in [2.24, 2.45) is 0 Å². The maximum absolute atomic E-state index is 5.19. The molecule has 0 saturated carbocycles. The van der Waals surface area contributed by atoms with E-state index in [-0.39, 0.29) is 0 Å². The van der Waals surface area contributed by atoms with E-state index < -0.39 is 0 Å². The van der Waals surface area contributed by atoms with E-state index >= 15 is 0 Å². The Kier molecular flexibility index (Phi) is 3.10. The van der Waals surface area contributed by atoms with Crippen molar-refractivity contribution in [1.82, 2.24) is 0 Å². The van der Waals surface area contributed by atoms with E-state index in [2.05, 4.69) is 0 Å². The second kappa shape index (κ2) is 4.71. The van der Waals surface area contributed by atoms with E-state index in [0.717, 1.165) is 0 Å². The summed E-state index contributed by atoms with van der Waals surface area (Å²) in [4.78, 5) is 10.4. The van der Waals surface area contributed by atoms with E-state index in [9.17, 15) is 0 Å². The van der Waals surface area contributed by atoms with Gasteiger partial charge in [-0.2, -0.15) is 0 Å². The third-order valence-corrected chi connectivity index (χ3v) is 2.28. The Labute approximate surface area is 95.4 Å². The topological polar surface area (TPSA) is 18.5 Å². The van der Waals surface area contributed by atoms with Gasteiger partial charge in [-0.1, -0.05) is 35.4 Å². The summed E-state index contributed by atoms with van der Waals surface area (Å²) < 4.78 is 0.